The first-order chi connectivity index (χ1) is 33.3. The van der Waals surface area contributed by atoms with Gasteiger partial charge >= 0.3 is 28.2 Å². The van der Waals surface area contributed by atoms with Crippen molar-refractivity contribution in [3.8, 4) is 82.4 Å². The third kappa shape index (κ3) is 11.7. The van der Waals surface area contributed by atoms with E-state index in [1.165, 1.54) is 110 Å². The molecule has 10 heteroatoms. The normalized spacial score (nSPS) is 11.4. The Bertz CT molecular complexity index is 2810. The van der Waals surface area contributed by atoms with Crippen LogP contribution in [0.2, 0.25) is 0 Å². The topological polar surface area (TPSA) is 25.8 Å². The molecule has 8 heterocycles. The molecule has 8 aromatic heterocycles. The number of thiophene rings is 6. The SMILES string of the molecule is CCCCc1c(-c2ccc(C)s2)sc(-c2ccc(-c3ccc(-c4[c-]c(-c5ccc(-c6ccc(-c7sc(-c8ccc(C)s8)c(CCCC)c7CCCC)s6)cn5)ccc4)nc3)s2)c1CCCC.[Cl][Pt+]. The van der Waals surface area contributed by atoms with Crippen LogP contribution < -0.4 is 0 Å². The molecule has 0 fully saturated rings. The number of benzene rings is 1. The summed E-state index contributed by atoms with van der Waals surface area (Å²) in [6.45, 7) is 13.7. The van der Waals surface area contributed by atoms with Gasteiger partial charge < -0.3 is 0 Å². The van der Waals surface area contributed by atoms with E-state index in [9.17, 15) is 0 Å². The van der Waals surface area contributed by atoms with E-state index in [0.29, 0.717) is 0 Å². The summed E-state index contributed by atoms with van der Waals surface area (Å²) in [5.41, 5.74) is 12.4. The Labute approximate surface area is 444 Å². The van der Waals surface area contributed by atoms with E-state index < -0.39 is 0 Å². The molecule has 0 amide bonds. The van der Waals surface area contributed by atoms with Gasteiger partial charge in [-0.3, -0.25) is 9.97 Å². The number of nitrogens with zero attached hydrogens (tertiary/aromatic N) is 2. The number of aryl methyl sites for hydroxylation is 2. The van der Waals surface area contributed by atoms with Crippen LogP contribution in [0.25, 0.3) is 82.4 Å². The number of pyridine rings is 2. The van der Waals surface area contributed by atoms with Crippen LogP contribution in [0.4, 0.5) is 0 Å². The maximum atomic E-state index is 5.00. The summed E-state index contributed by atoms with van der Waals surface area (Å²) in [5, 5.41) is 0. The zero-order valence-corrected chi connectivity index (χ0v) is 47.8. The van der Waals surface area contributed by atoms with Crippen LogP contribution >= 0.6 is 77.4 Å². The first-order valence-corrected chi connectivity index (χ1v) is 31.8. The summed E-state index contributed by atoms with van der Waals surface area (Å²) in [6, 6.07) is 37.2. The van der Waals surface area contributed by atoms with E-state index in [1.54, 1.807) is 41.0 Å². The fourth-order valence-corrected chi connectivity index (χ4v) is 15.8. The number of aromatic nitrogens is 2. The molecular formula is C58H59ClN2PtS6. The van der Waals surface area contributed by atoms with Gasteiger partial charge in [0.2, 0.25) is 0 Å². The number of unbranched alkanes of at least 4 members (excludes halogenated alkanes) is 4. The standard InChI is InChI=1S/C58H59N2S6.ClH.Pt/c1-7-11-18-43-45(20-13-9-3)57(65-55(43)51-28-22-37(5)61-51)53-32-30-49(63-53)41-24-26-47(59-35-41)39-16-15-17-40(34-39)48-27-25-42(36-60-48)50-31-33-54(64-50)58-46(21-14-10-4)44(19-12-8-2)56(66-58)52-29-23-38(6)62-52;;/h15-17,22-33,35-36H,7-14,18-21H2,1-6H3;1H;/q-1;;+2/p-1. The fourth-order valence-electron chi connectivity index (χ4n) is 8.78. The molecule has 0 bridgehead atoms. The third-order valence-electron chi connectivity index (χ3n) is 12.4. The second-order valence-corrected chi connectivity index (χ2v) is 24.1. The minimum absolute atomic E-state index is 0.916. The van der Waals surface area contributed by atoms with Crippen LogP contribution in [0.3, 0.4) is 0 Å². The first kappa shape index (κ1) is 51.1. The van der Waals surface area contributed by atoms with Crippen LogP contribution in [0.5, 0.6) is 0 Å². The molecule has 0 spiro atoms. The van der Waals surface area contributed by atoms with Gasteiger partial charge in [0.1, 0.15) is 0 Å². The van der Waals surface area contributed by atoms with Crippen LogP contribution in [-0.2, 0) is 44.5 Å². The van der Waals surface area contributed by atoms with Gasteiger partial charge in [-0.15, -0.1) is 92.3 Å². The molecule has 0 atom stereocenters. The molecule has 9 rings (SSSR count). The molecule has 0 unspecified atom stereocenters. The zero-order valence-electron chi connectivity index (χ0n) is 39.8. The molecule has 0 saturated heterocycles. The predicted molar refractivity (Wildman–Crippen MR) is 301 cm³/mol. The van der Waals surface area contributed by atoms with E-state index in [2.05, 4.69) is 148 Å². The van der Waals surface area contributed by atoms with Gasteiger partial charge in [-0.05, 0) is 136 Å². The number of hydrogen-bond acceptors (Lipinski definition) is 8. The number of halogens is 1. The van der Waals surface area contributed by atoms with Crippen LogP contribution in [0.15, 0.2) is 103 Å². The molecule has 0 aliphatic carbocycles. The molecule has 1 aromatic carbocycles. The Morgan fingerprint density at radius 2 is 0.750 bits per heavy atom. The summed E-state index contributed by atoms with van der Waals surface area (Å²) in [6.07, 6.45) is 18.4. The zero-order chi connectivity index (χ0) is 47.6. The molecule has 9 aromatic rings. The molecular weight excluding hydrogens is 1150 g/mol. The molecule has 354 valence electrons. The van der Waals surface area contributed by atoms with E-state index in [1.807, 2.05) is 80.4 Å². The molecule has 0 aliphatic heterocycles. The van der Waals surface area contributed by atoms with Crippen LogP contribution in [0, 0.1) is 19.9 Å². The van der Waals surface area contributed by atoms with Gasteiger partial charge in [0.25, 0.3) is 0 Å². The average Bonchev–Trinajstić information content (AvgIpc) is 4.26. The van der Waals surface area contributed by atoms with Crippen molar-refractivity contribution in [3.63, 3.8) is 0 Å². The number of rotatable bonds is 20. The van der Waals surface area contributed by atoms with Crippen molar-refractivity contribution >= 4 is 77.4 Å². The van der Waals surface area contributed by atoms with Crippen molar-refractivity contribution in [3.05, 3.63) is 141 Å². The van der Waals surface area contributed by atoms with E-state index in [4.69, 9.17) is 9.97 Å². The van der Waals surface area contributed by atoms with Gasteiger partial charge in [-0.25, -0.2) is 0 Å². The average molecular weight is 1210 g/mol. The van der Waals surface area contributed by atoms with Gasteiger partial charge in [-0.2, -0.15) is 0 Å². The summed E-state index contributed by atoms with van der Waals surface area (Å²) < 4.78 is 0. The summed E-state index contributed by atoms with van der Waals surface area (Å²) in [4.78, 5) is 26.8. The first-order valence-electron chi connectivity index (χ1n) is 24.1. The van der Waals surface area contributed by atoms with Crippen molar-refractivity contribution in [2.45, 2.75) is 119 Å². The molecule has 0 radical (unpaired) electrons. The summed E-state index contributed by atoms with van der Waals surface area (Å²) in [5.74, 6) is 0. The Balaban J connectivity index is 0.00000308. The predicted octanol–water partition coefficient (Wildman–Crippen LogP) is 20.7. The second kappa shape index (κ2) is 24.7. The van der Waals surface area contributed by atoms with Crippen molar-refractivity contribution in [2.75, 3.05) is 0 Å². The van der Waals surface area contributed by atoms with Crippen LogP contribution in [0.1, 0.15) is 111 Å². The monoisotopic (exact) mass is 1210 g/mol. The summed E-state index contributed by atoms with van der Waals surface area (Å²) in [7, 11) is 4.61. The maximum absolute atomic E-state index is 5.00. The van der Waals surface area contributed by atoms with Gasteiger partial charge in [0, 0.05) is 93.4 Å². The van der Waals surface area contributed by atoms with Gasteiger partial charge in [0.05, 0.1) is 0 Å². The van der Waals surface area contributed by atoms with E-state index in [-0.39, 0.29) is 0 Å². The quantitative estimate of drug-likeness (QED) is 0.0711. The molecule has 2 nitrogen and oxygen atoms in total. The molecule has 68 heavy (non-hydrogen) atoms. The molecule has 0 saturated carbocycles. The van der Waals surface area contributed by atoms with Crippen molar-refractivity contribution in [1.82, 2.24) is 9.97 Å². The van der Waals surface area contributed by atoms with E-state index in [0.717, 1.165) is 59.3 Å². The Morgan fingerprint density at radius 1 is 0.412 bits per heavy atom. The van der Waals surface area contributed by atoms with Gasteiger partial charge in [0.15, 0.2) is 0 Å². The van der Waals surface area contributed by atoms with Crippen molar-refractivity contribution in [2.24, 2.45) is 0 Å². The van der Waals surface area contributed by atoms with Crippen molar-refractivity contribution < 1.29 is 18.8 Å². The van der Waals surface area contributed by atoms with Crippen LogP contribution in [-0.4, -0.2) is 9.97 Å². The second-order valence-electron chi connectivity index (χ2n) is 17.3. The van der Waals surface area contributed by atoms with E-state index >= 15 is 0 Å². The fraction of sp³-hybridized carbons (Fsp3) is 0.310. The minimum atomic E-state index is 0.916. The molecule has 0 N–H and O–H groups in total. The Morgan fingerprint density at radius 3 is 1.06 bits per heavy atom. The Hall–Kier alpha value is -3.30. The number of hydrogen-bond donors (Lipinski definition) is 0. The third-order valence-corrected chi connectivity index (χ3v) is 19.9. The van der Waals surface area contributed by atoms with Crippen molar-refractivity contribution in [1.29, 1.82) is 0 Å². The molecule has 0 aliphatic rings. The Kier molecular flexibility index (Phi) is 18.5. The van der Waals surface area contributed by atoms with Gasteiger partial charge in [-0.1, -0.05) is 88.8 Å². The summed E-state index contributed by atoms with van der Waals surface area (Å²) >= 11 is 13.3.